The first-order valence-corrected chi connectivity index (χ1v) is 6.73. The molecule has 0 aromatic rings. The van der Waals surface area contributed by atoms with Crippen LogP contribution in [0, 0.1) is 0 Å². The lowest BCUT2D eigenvalue weighted by Gasteiger charge is -2.34. The van der Waals surface area contributed by atoms with Crippen molar-refractivity contribution in [2.45, 2.75) is 39.2 Å². The Bertz CT molecular complexity index is 290. The van der Waals surface area contributed by atoms with Gasteiger partial charge in [-0.2, -0.15) is 0 Å². The molecule has 0 unspecified atom stereocenters. The third-order valence-electron chi connectivity index (χ3n) is 3.54. The summed E-state index contributed by atoms with van der Waals surface area (Å²) in [6, 6.07) is -0.247. The fourth-order valence-electron chi connectivity index (χ4n) is 2.43. The van der Waals surface area contributed by atoms with Crippen LogP contribution in [-0.4, -0.2) is 61.0 Å². The molecular formula is C13H24N2O3. The lowest BCUT2D eigenvalue weighted by Crippen LogP contribution is -2.50. The van der Waals surface area contributed by atoms with Crippen LogP contribution in [0.3, 0.4) is 0 Å². The van der Waals surface area contributed by atoms with Gasteiger partial charge in [-0.1, -0.05) is 6.42 Å². The van der Waals surface area contributed by atoms with E-state index in [9.17, 15) is 9.59 Å². The second kappa shape index (κ2) is 7.36. The molecule has 1 atom stereocenters. The summed E-state index contributed by atoms with van der Waals surface area (Å²) < 4.78 is 4.81. The van der Waals surface area contributed by atoms with Gasteiger partial charge in [0.15, 0.2) is 0 Å². The van der Waals surface area contributed by atoms with Gasteiger partial charge in [0.1, 0.15) is 6.04 Å². The van der Waals surface area contributed by atoms with Crippen molar-refractivity contribution in [1.82, 2.24) is 9.80 Å². The van der Waals surface area contributed by atoms with E-state index < -0.39 is 0 Å². The Morgan fingerprint density at radius 3 is 2.50 bits per heavy atom. The molecule has 1 fully saturated rings. The number of carbonyl (C=O) groups is 2. The number of hydrogen-bond acceptors (Lipinski definition) is 4. The van der Waals surface area contributed by atoms with Gasteiger partial charge in [0.2, 0.25) is 5.91 Å². The monoisotopic (exact) mass is 256 g/mol. The maximum absolute atomic E-state index is 12.1. The van der Waals surface area contributed by atoms with E-state index in [4.69, 9.17) is 4.74 Å². The van der Waals surface area contributed by atoms with Crippen molar-refractivity contribution in [3.8, 4) is 0 Å². The van der Waals surface area contributed by atoms with Crippen molar-refractivity contribution in [2.75, 3.05) is 33.3 Å². The minimum atomic E-state index is -0.247. The van der Waals surface area contributed by atoms with Gasteiger partial charge in [-0.15, -0.1) is 0 Å². The molecule has 0 N–H and O–H groups in total. The SMILES string of the molecule is CCN(CC)C(=O)CN1CCCC[C@@H]1C(=O)OC. The van der Waals surface area contributed by atoms with Gasteiger partial charge in [-0.3, -0.25) is 14.5 Å². The van der Waals surface area contributed by atoms with Crippen LogP contribution in [0.1, 0.15) is 33.1 Å². The van der Waals surface area contributed by atoms with Crippen molar-refractivity contribution in [3.63, 3.8) is 0 Å². The van der Waals surface area contributed by atoms with E-state index in [0.29, 0.717) is 19.6 Å². The molecule has 1 rings (SSSR count). The number of hydrogen-bond donors (Lipinski definition) is 0. The van der Waals surface area contributed by atoms with E-state index in [0.717, 1.165) is 25.8 Å². The third-order valence-corrected chi connectivity index (χ3v) is 3.54. The summed E-state index contributed by atoms with van der Waals surface area (Å²) in [5, 5.41) is 0. The number of amides is 1. The van der Waals surface area contributed by atoms with Crippen LogP contribution in [0.25, 0.3) is 0 Å². The highest BCUT2D eigenvalue weighted by molar-refractivity contribution is 5.80. The normalized spacial score (nSPS) is 20.5. The molecule has 0 aliphatic carbocycles. The number of carbonyl (C=O) groups excluding carboxylic acids is 2. The maximum Gasteiger partial charge on any atom is 0.323 e. The Hall–Kier alpha value is -1.10. The molecule has 1 aliphatic rings. The average Bonchev–Trinajstić information content (AvgIpc) is 2.40. The summed E-state index contributed by atoms with van der Waals surface area (Å²) >= 11 is 0. The third kappa shape index (κ3) is 3.70. The zero-order valence-electron chi connectivity index (χ0n) is 11.6. The van der Waals surface area contributed by atoms with Gasteiger partial charge < -0.3 is 9.64 Å². The first-order chi connectivity index (χ1) is 8.63. The molecule has 0 radical (unpaired) electrons. The number of likely N-dealkylation sites (tertiary alicyclic amines) is 1. The van der Waals surface area contributed by atoms with Crippen molar-refractivity contribution in [2.24, 2.45) is 0 Å². The molecular weight excluding hydrogens is 232 g/mol. The molecule has 104 valence electrons. The van der Waals surface area contributed by atoms with Crippen LogP contribution in [0.15, 0.2) is 0 Å². The maximum atomic E-state index is 12.1. The van der Waals surface area contributed by atoms with E-state index in [1.165, 1.54) is 7.11 Å². The summed E-state index contributed by atoms with van der Waals surface area (Å²) in [4.78, 5) is 27.5. The van der Waals surface area contributed by atoms with Crippen LogP contribution in [0.2, 0.25) is 0 Å². The molecule has 5 heteroatoms. The lowest BCUT2D eigenvalue weighted by atomic mass is 10.0. The highest BCUT2D eigenvalue weighted by atomic mass is 16.5. The zero-order chi connectivity index (χ0) is 13.5. The Morgan fingerprint density at radius 2 is 1.94 bits per heavy atom. The summed E-state index contributed by atoms with van der Waals surface area (Å²) in [5.41, 5.74) is 0. The molecule has 18 heavy (non-hydrogen) atoms. The Balaban J connectivity index is 2.61. The second-order valence-corrected chi connectivity index (χ2v) is 4.57. The number of ether oxygens (including phenoxy) is 1. The van der Waals surface area contributed by atoms with Crippen molar-refractivity contribution in [3.05, 3.63) is 0 Å². The fraction of sp³-hybridized carbons (Fsp3) is 0.846. The van der Waals surface area contributed by atoms with E-state index >= 15 is 0 Å². The van der Waals surface area contributed by atoms with Crippen molar-refractivity contribution >= 4 is 11.9 Å². The van der Waals surface area contributed by atoms with Crippen LogP contribution >= 0.6 is 0 Å². The Kier molecular flexibility index (Phi) is 6.12. The standard InChI is InChI=1S/C13H24N2O3/c1-4-14(5-2)12(16)10-15-9-7-6-8-11(15)13(17)18-3/h11H,4-10H2,1-3H3/t11-/m1/s1. The predicted molar refractivity (Wildman–Crippen MR) is 69.2 cm³/mol. The van der Waals surface area contributed by atoms with E-state index in [2.05, 4.69) is 0 Å². The highest BCUT2D eigenvalue weighted by Crippen LogP contribution is 2.18. The molecule has 1 amide bonds. The fourth-order valence-corrected chi connectivity index (χ4v) is 2.43. The Labute approximate surface area is 109 Å². The van der Waals surface area contributed by atoms with E-state index in [1.807, 2.05) is 18.7 Å². The van der Waals surface area contributed by atoms with Gasteiger partial charge >= 0.3 is 5.97 Å². The van der Waals surface area contributed by atoms with Crippen molar-refractivity contribution < 1.29 is 14.3 Å². The minimum absolute atomic E-state index is 0.0933. The molecule has 0 aromatic heterocycles. The molecule has 0 bridgehead atoms. The zero-order valence-corrected chi connectivity index (χ0v) is 11.6. The summed E-state index contributed by atoms with van der Waals surface area (Å²) in [6.07, 6.45) is 2.85. The smallest absolute Gasteiger partial charge is 0.323 e. The summed E-state index contributed by atoms with van der Waals surface area (Å²) in [5.74, 6) is -0.127. The van der Waals surface area contributed by atoms with Gasteiger partial charge in [0.05, 0.1) is 13.7 Å². The number of likely N-dealkylation sites (N-methyl/N-ethyl adjacent to an activating group) is 1. The minimum Gasteiger partial charge on any atom is -0.468 e. The van der Waals surface area contributed by atoms with Crippen LogP contribution in [0.4, 0.5) is 0 Å². The number of rotatable bonds is 5. The van der Waals surface area contributed by atoms with Crippen LogP contribution in [-0.2, 0) is 14.3 Å². The summed E-state index contributed by atoms with van der Waals surface area (Å²) in [6.45, 7) is 6.48. The largest absolute Gasteiger partial charge is 0.468 e. The van der Waals surface area contributed by atoms with Gasteiger partial charge in [0, 0.05) is 13.1 Å². The van der Waals surface area contributed by atoms with Crippen LogP contribution < -0.4 is 0 Å². The number of piperidine rings is 1. The first-order valence-electron chi connectivity index (χ1n) is 6.73. The van der Waals surface area contributed by atoms with Gasteiger partial charge in [0.25, 0.3) is 0 Å². The topological polar surface area (TPSA) is 49.9 Å². The van der Waals surface area contributed by atoms with E-state index in [-0.39, 0.29) is 17.9 Å². The molecule has 0 aromatic carbocycles. The first kappa shape index (κ1) is 15.0. The molecule has 0 spiro atoms. The number of methoxy groups -OCH3 is 1. The molecule has 1 aliphatic heterocycles. The quantitative estimate of drug-likeness (QED) is 0.685. The van der Waals surface area contributed by atoms with Gasteiger partial charge in [-0.25, -0.2) is 0 Å². The Morgan fingerprint density at radius 1 is 1.28 bits per heavy atom. The van der Waals surface area contributed by atoms with E-state index in [1.54, 1.807) is 4.90 Å². The molecule has 0 saturated carbocycles. The van der Waals surface area contributed by atoms with Gasteiger partial charge in [-0.05, 0) is 33.2 Å². The summed E-state index contributed by atoms with van der Waals surface area (Å²) in [7, 11) is 1.40. The molecule has 1 heterocycles. The molecule has 1 saturated heterocycles. The number of nitrogens with zero attached hydrogens (tertiary/aromatic N) is 2. The second-order valence-electron chi connectivity index (χ2n) is 4.57. The number of esters is 1. The lowest BCUT2D eigenvalue weighted by molar-refractivity contribution is -0.149. The predicted octanol–water partition coefficient (Wildman–Crippen LogP) is 0.882. The van der Waals surface area contributed by atoms with Crippen LogP contribution in [0.5, 0.6) is 0 Å². The molecule has 5 nitrogen and oxygen atoms in total. The average molecular weight is 256 g/mol. The van der Waals surface area contributed by atoms with Crippen molar-refractivity contribution in [1.29, 1.82) is 0 Å². The highest BCUT2D eigenvalue weighted by Gasteiger charge is 2.31.